The molecule has 2 aromatic rings. The van der Waals surface area contributed by atoms with Crippen LogP contribution in [0.5, 0.6) is 11.5 Å². The van der Waals surface area contributed by atoms with E-state index in [2.05, 4.69) is 0 Å². The summed E-state index contributed by atoms with van der Waals surface area (Å²) in [5, 5.41) is 0. The average Bonchev–Trinajstić information content (AvgIpc) is 2.64. The molecule has 0 N–H and O–H groups in total. The van der Waals surface area contributed by atoms with Crippen LogP contribution in [0.3, 0.4) is 0 Å². The maximum absolute atomic E-state index is 13.7. The van der Waals surface area contributed by atoms with Crippen molar-refractivity contribution in [3.63, 3.8) is 0 Å². The first kappa shape index (κ1) is 18.8. The molecule has 1 amide bonds. The molecule has 0 aromatic heterocycles. The lowest BCUT2D eigenvalue weighted by atomic mass is 10.1. The predicted octanol–water partition coefficient (Wildman–Crippen LogP) is 3.82. The number of hydrogen-bond donors (Lipinski definition) is 0. The summed E-state index contributed by atoms with van der Waals surface area (Å²) in [6.07, 6.45) is 0.842. The Labute approximate surface area is 148 Å². The summed E-state index contributed by atoms with van der Waals surface area (Å²) in [6.45, 7) is 3.13. The zero-order chi connectivity index (χ0) is 18.2. The molecule has 25 heavy (non-hydrogen) atoms. The second-order valence-electron chi connectivity index (χ2n) is 5.72. The van der Waals surface area contributed by atoms with E-state index in [-0.39, 0.29) is 11.7 Å². The Morgan fingerprint density at radius 3 is 2.28 bits per heavy atom. The molecule has 0 bridgehead atoms. The van der Waals surface area contributed by atoms with Crippen molar-refractivity contribution >= 4 is 5.91 Å². The predicted molar refractivity (Wildman–Crippen MR) is 95.4 cm³/mol. The topological polar surface area (TPSA) is 38.8 Å². The van der Waals surface area contributed by atoms with Gasteiger partial charge in [-0.05, 0) is 48.7 Å². The summed E-state index contributed by atoms with van der Waals surface area (Å²) >= 11 is 0. The molecule has 0 saturated heterocycles. The monoisotopic (exact) mass is 345 g/mol. The lowest BCUT2D eigenvalue weighted by Crippen LogP contribution is -2.30. The Balaban J connectivity index is 1.93. The molecule has 0 fully saturated rings. The van der Waals surface area contributed by atoms with Crippen molar-refractivity contribution in [1.82, 2.24) is 4.90 Å². The van der Waals surface area contributed by atoms with E-state index in [1.54, 1.807) is 24.1 Å². The normalized spacial score (nSPS) is 10.4. The van der Waals surface area contributed by atoms with Crippen LogP contribution >= 0.6 is 0 Å². The number of nitrogens with zero attached hydrogens (tertiary/aromatic N) is 1. The smallest absolute Gasteiger partial charge is 0.223 e. The molecular formula is C20H24FNO3. The van der Waals surface area contributed by atoms with Crippen LogP contribution < -0.4 is 9.47 Å². The van der Waals surface area contributed by atoms with Gasteiger partial charge in [0, 0.05) is 19.5 Å². The van der Waals surface area contributed by atoms with Crippen molar-refractivity contribution in [2.45, 2.75) is 26.3 Å². The number of carbonyl (C=O) groups is 1. The molecule has 0 aliphatic heterocycles. The fraction of sp³-hybridized carbons (Fsp3) is 0.350. The minimum absolute atomic E-state index is 0.0505. The number of amides is 1. The number of methoxy groups -OCH3 is 2. The van der Waals surface area contributed by atoms with E-state index in [4.69, 9.17) is 9.47 Å². The van der Waals surface area contributed by atoms with Gasteiger partial charge in [-0.3, -0.25) is 4.79 Å². The number of ether oxygens (including phenoxy) is 2. The second-order valence-corrected chi connectivity index (χ2v) is 5.72. The van der Waals surface area contributed by atoms with Crippen molar-refractivity contribution in [2.75, 3.05) is 20.8 Å². The largest absolute Gasteiger partial charge is 0.497 e. The molecule has 134 valence electrons. The van der Waals surface area contributed by atoms with Crippen molar-refractivity contribution < 1.29 is 18.7 Å². The van der Waals surface area contributed by atoms with Crippen LogP contribution in [-0.2, 0) is 17.8 Å². The van der Waals surface area contributed by atoms with Crippen molar-refractivity contribution in [1.29, 1.82) is 0 Å². The third kappa shape index (κ3) is 5.21. The Bertz CT molecular complexity index is 701. The number of aryl methyl sites for hydroxylation is 1. The number of rotatable bonds is 8. The Hall–Kier alpha value is -2.56. The maximum atomic E-state index is 13.7. The van der Waals surface area contributed by atoms with Gasteiger partial charge < -0.3 is 14.4 Å². The number of hydrogen-bond acceptors (Lipinski definition) is 3. The summed E-state index contributed by atoms with van der Waals surface area (Å²) < 4.78 is 23.8. The van der Waals surface area contributed by atoms with Crippen molar-refractivity contribution in [3.8, 4) is 11.5 Å². The molecular weight excluding hydrogens is 321 g/mol. The van der Waals surface area contributed by atoms with Gasteiger partial charge in [-0.25, -0.2) is 4.39 Å². The third-order valence-electron chi connectivity index (χ3n) is 4.11. The van der Waals surface area contributed by atoms with Crippen molar-refractivity contribution in [2.24, 2.45) is 0 Å². The highest BCUT2D eigenvalue weighted by Crippen LogP contribution is 2.19. The van der Waals surface area contributed by atoms with Crippen LogP contribution in [0, 0.1) is 5.82 Å². The van der Waals surface area contributed by atoms with Crippen LogP contribution in [0.25, 0.3) is 0 Å². The highest BCUT2D eigenvalue weighted by molar-refractivity contribution is 5.76. The van der Waals surface area contributed by atoms with Crippen LogP contribution in [0.1, 0.15) is 24.5 Å². The van der Waals surface area contributed by atoms with E-state index in [9.17, 15) is 9.18 Å². The van der Waals surface area contributed by atoms with Gasteiger partial charge >= 0.3 is 0 Å². The molecule has 0 unspecified atom stereocenters. The summed E-state index contributed by atoms with van der Waals surface area (Å²) in [7, 11) is 3.05. The SMILES string of the molecule is CCN(Cc1ccc(OC)cc1)C(=O)CCc1ccc(OC)c(F)c1. The molecule has 0 atom stereocenters. The quantitative estimate of drug-likeness (QED) is 0.730. The van der Waals surface area contributed by atoms with E-state index in [0.717, 1.165) is 16.9 Å². The van der Waals surface area contributed by atoms with Gasteiger partial charge in [0.15, 0.2) is 11.6 Å². The zero-order valence-electron chi connectivity index (χ0n) is 14.9. The van der Waals surface area contributed by atoms with Gasteiger partial charge in [0.25, 0.3) is 0 Å². The molecule has 2 rings (SSSR count). The molecule has 0 spiro atoms. The lowest BCUT2D eigenvalue weighted by Gasteiger charge is -2.21. The van der Waals surface area contributed by atoms with Crippen molar-refractivity contribution in [3.05, 3.63) is 59.4 Å². The molecule has 2 aromatic carbocycles. The lowest BCUT2D eigenvalue weighted by molar-refractivity contribution is -0.131. The number of halogens is 1. The zero-order valence-corrected chi connectivity index (χ0v) is 14.9. The third-order valence-corrected chi connectivity index (χ3v) is 4.11. The first-order valence-corrected chi connectivity index (χ1v) is 8.30. The first-order valence-electron chi connectivity index (χ1n) is 8.30. The average molecular weight is 345 g/mol. The highest BCUT2D eigenvalue weighted by atomic mass is 19.1. The Kier molecular flexibility index (Phi) is 6.81. The van der Waals surface area contributed by atoms with Gasteiger partial charge in [0.1, 0.15) is 5.75 Å². The van der Waals surface area contributed by atoms with Gasteiger partial charge in [0.2, 0.25) is 5.91 Å². The number of carbonyl (C=O) groups excluding carboxylic acids is 1. The number of benzene rings is 2. The fourth-order valence-electron chi connectivity index (χ4n) is 2.60. The van der Waals surface area contributed by atoms with Gasteiger partial charge in [-0.15, -0.1) is 0 Å². The molecule has 0 aliphatic carbocycles. The van der Waals surface area contributed by atoms with Crippen LogP contribution in [-0.4, -0.2) is 31.6 Å². The van der Waals surface area contributed by atoms with E-state index in [0.29, 0.717) is 25.9 Å². The molecule has 0 heterocycles. The van der Waals surface area contributed by atoms with Gasteiger partial charge in [-0.2, -0.15) is 0 Å². The standard InChI is InChI=1S/C20H24FNO3/c1-4-22(14-16-5-9-17(24-2)10-6-16)20(23)12-8-15-7-11-19(25-3)18(21)13-15/h5-7,9-11,13H,4,8,12,14H2,1-3H3. The molecule has 5 heteroatoms. The van der Waals surface area contributed by atoms with E-state index < -0.39 is 5.82 Å². The second kappa shape index (κ2) is 9.06. The van der Waals surface area contributed by atoms with E-state index >= 15 is 0 Å². The summed E-state index contributed by atoms with van der Waals surface area (Å²) in [6, 6.07) is 12.5. The summed E-state index contributed by atoms with van der Waals surface area (Å²) in [4.78, 5) is 14.3. The Morgan fingerprint density at radius 2 is 1.72 bits per heavy atom. The Morgan fingerprint density at radius 1 is 1.04 bits per heavy atom. The fourth-order valence-corrected chi connectivity index (χ4v) is 2.60. The first-order chi connectivity index (χ1) is 12.1. The minimum Gasteiger partial charge on any atom is -0.497 e. The molecule has 0 saturated carbocycles. The van der Waals surface area contributed by atoms with Gasteiger partial charge in [0.05, 0.1) is 14.2 Å². The molecule has 4 nitrogen and oxygen atoms in total. The molecule has 0 radical (unpaired) electrons. The van der Waals surface area contributed by atoms with E-state index in [1.165, 1.54) is 13.2 Å². The van der Waals surface area contributed by atoms with Gasteiger partial charge in [-0.1, -0.05) is 18.2 Å². The summed E-state index contributed by atoms with van der Waals surface area (Å²) in [5.41, 5.74) is 1.83. The van der Waals surface area contributed by atoms with E-state index in [1.807, 2.05) is 31.2 Å². The minimum atomic E-state index is -0.405. The summed E-state index contributed by atoms with van der Waals surface area (Å²) in [5.74, 6) is 0.650. The highest BCUT2D eigenvalue weighted by Gasteiger charge is 2.13. The molecule has 0 aliphatic rings. The van der Waals surface area contributed by atoms with Crippen LogP contribution in [0.2, 0.25) is 0 Å². The van der Waals surface area contributed by atoms with Crippen LogP contribution in [0.4, 0.5) is 4.39 Å². The maximum Gasteiger partial charge on any atom is 0.223 e. The van der Waals surface area contributed by atoms with Crippen LogP contribution in [0.15, 0.2) is 42.5 Å².